The van der Waals surface area contributed by atoms with E-state index in [0.717, 1.165) is 10.4 Å². The molecule has 4 rings (SSSR count). The molecule has 1 aromatic heterocycles. The zero-order valence-electron chi connectivity index (χ0n) is 23.0. The predicted molar refractivity (Wildman–Crippen MR) is 147 cm³/mol. The number of aromatic carboxylic acids is 1. The minimum atomic E-state index is -4.91. The fourth-order valence-electron chi connectivity index (χ4n) is 4.31. The van der Waals surface area contributed by atoms with Gasteiger partial charge < -0.3 is 19.1 Å². The molecule has 0 spiro atoms. The second-order valence-corrected chi connectivity index (χ2v) is 11.6. The predicted octanol–water partition coefficient (Wildman–Crippen LogP) is 6.77. The van der Waals surface area contributed by atoms with Crippen molar-refractivity contribution in [2.75, 3.05) is 11.4 Å². The SMILES string of the molecule is Cc1cc(OCc2c(-c3ccccc3OC(F)(F)F)noc2C(C)C)ccc1N(C)S(=O)(=O)c1cccc(C(=O)O)c1. The van der Waals surface area contributed by atoms with Gasteiger partial charge in [0.25, 0.3) is 10.0 Å². The fraction of sp³-hybridized carbons (Fsp3) is 0.241. The number of carbonyl (C=O) groups is 1. The molecule has 222 valence electrons. The van der Waals surface area contributed by atoms with Crippen LogP contribution in [0.25, 0.3) is 11.3 Å². The standard InChI is InChI=1S/C29H27F3N2O7S/c1-17(2)27-23(26(33-41-27)22-10-5-6-11-25(22)40-29(30,31)32)16-39-20-12-13-24(18(3)14-20)34(4)42(37,38)21-9-7-8-19(15-21)28(35)36/h5-15,17H,16H2,1-4H3,(H,35,36). The molecule has 13 heteroatoms. The lowest BCUT2D eigenvalue weighted by atomic mass is 10.0. The summed E-state index contributed by atoms with van der Waals surface area (Å²) in [7, 11) is -2.73. The van der Waals surface area contributed by atoms with Crippen molar-refractivity contribution in [3.8, 4) is 22.8 Å². The molecule has 1 N–H and O–H groups in total. The van der Waals surface area contributed by atoms with Gasteiger partial charge in [0.05, 0.1) is 21.7 Å². The van der Waals surface area contributed by atoms with E-state index in [4.69, 9.17) is 9.26 Å². The number of rotatable bonds is 10. The summed E-state index contributed by atoms with van der Waals surface area (Å²) in [6.45, 7) is 5.25. The van der Waals surface area contributed by atoms with Gasteiger partial charge in [0, 0.05) is 18.5 Å². The molecule has 0 fully saturated rings. The van der Waals surface area contributed by atoms with Crippen LogP contribution >= 0.6 is 0 Å². The molecule has 1 heterocycles. The maximum absolute atomic E-state index is 13.2. The van der Waals surface area contributed by atoms with Crippen LogP contribution in [0.2, 0.25) is 0 Å². The number of ether oxygens (including phenoxy) is 2. The number of hydrogen-bond donors (Lipinski definition) is 1. The lowest BCUT2D eigenvalue weighted by molar-refractivity contribution is -0.274. The highest BCUT2D eigenvalue weighted by atomic mass is 32.2. The molecule has 9 nitrogen and oxygen atoms in total. The highest BCUT2D eigenvalue weighted by Crippen LogP contribution is 2.38. The molecule has 0 amide bonds. The second-order valence-electron chi connectivity index (χ2n) is 9.62. The van der Waals surface area contributed by atoms with Crippen LogP contribution in [0.5, 0.6) is 11.5 Å². The van der Waals surface area contributed by atoms with Gasteiger partial charge in [-0.25, -0.2) is 13.2 Å². The van der Waals surface area contributed by atoms with E-state index in [0.29, 0.717) is 28.3 Å². The minimum Gasteiger partial charge on any atom is -0.489 e. The van der Waals surface area contributed by atoms with Crippen molar-refractivity contribution in [1.82, 2.24) is 5.16 Å². The summed E-state index contributed by atoms with van der Waals surface area (Å²) >= 11 is 0. The Labute approximate surface area is 240 Å². The normalized spacial score (nSPS) is 11.9. The zero-order valence-corrected chi connectivity index (χ0v) is 23.8. The van der Waals surface area contributed by atoms with E-state index in [2.05, 4.69) is 9.89 Å². The summed E-state index contributed by atoms with van der Waals surface area (Å²) in [5.41, 5.74) is 1.35. The Kier molecular flexibility index (Phi) is 8.53. The van der Waals surface area contributed by atoms with Crippen LogP contribution in [-0.4, -0.2) is 38.1 Å². The van der Waals surface area contributed by atoms with Crippen molar-refractivity contribution in [2.24, 2.45) is 0 Å². The smallest absolute Gasteiger partial charge is 0.489 e. The third-order valence-corrected chi connectivity index (χ3v) is 8.11. The number of para-hydroxylation sites is 1. The summed E-state index contributed by atoms with van der Waals surface area (Å²) in [6, 6.07) is 15.3. The molecule has 0 atom stereocenters. The lowest BCUT2D eigenvalue weighted by Gasteiger charge is -2.22. The fourth-order valence-corrected chi connectivity index (χ4v) is 5.61. The Balaban J connectivity index is 1.61. The van der Waals surface area contributed by atoms with Gasteiger partial charge in [0.2, 0.25) is 0 Å². The number of anilines is 1. The van der Waals surface area contributed by atoms with Crippen LogP contribution in [0.3, 0.4) is 0 Å². The summed E-state index contributed by atoms with van der Waals surface area (Å²) in [6.07, 6.45) is -4.91. The topological polar surface area (TPSA) is 119 Å². The van der Waals surface area contributed by atoms with Crippen LogP contribution in [0.1, 0.15) is 47.0 Å². The Bertz CT molecular complexity index is 1720. The average molecular weight is 605 g/mol. The van der Waals surface area contributed by atoms with Crippen molar-refractivity contribution in [2.45, 2.75) is 44.6 Å². The lowest BCUT2D eigenvalue weighted by Crippen LogP contribution is -2.27. The van der Waals surface area contributed by atoms with Crippen molar-refractivity contribution >= 4 is 21.7 Å². The number of sulfonamides is 1. The van der Waals surface area contributed by atoms with Crippen LogP contribution in [0.15, 0.2) is 76.1 Å². The number of carboxylic acid groups (broad SMARTS) is 1. The molecule has 4 aromatic rings. The molecule has 0 unspecified atom stereocenters. The summed E-state index contributed by atoms with van der Waals surface area (Å²) in [5.74, 6) is -1.07. The highest BCUT2D eigenvalue weighted by molar-refractivity contribution is 7.92. The molecule has 3 aromatic carbocycles. The number of hydrogen-bond acceptors (Lipinski definition) is 7. The van der Waals surface area contributed by atoms with Gasteiger partial charge in [-0.2, -0.15) is 0 Å². The molecule has 0 radical (unpaired) electrons. The monoisotopic (exact) mass is 604 g/mol. The van der Waals surface area contributed by atoms with Gasteiger partial charge >= 0.3 is 12.3 Å². The van der Waals surface area contributed by atoms with Gasteiger partial charge in [-0.3, -0.25) is 4.31 Å². The molecule has 42 heavy (non-hydrogen) atoms. The molecular weight excluding hydrogens is 577 g/mol. The number of carboxylic acids is 1. The third kappa shape index (κ3) is 6.51. The maximum Gasteiger partial charge on any atom is 0.573 e. The van der Waals surface area contributed by atoms with Gasteiger partial charge in [-0.05, 0) is 61.0 Å². The Morgan fingerprint density at radius 3 is 2.43 bits per heavy atom. The second kappa shape index (κ2) is 11.8. The number of benzene rings is 3. The number of aryl methyl sites for hydroxylation is 1. The van der Waals surface area contributed by atoms with E-state index in [1.54, 1.807) is 25.1 Å². The molecular formula is C29H27F3N2O7S. The number of nitrogens with zero attached hydrogens (tertiary/aromatic N) is 2. The van der Waals surface area contributed by atoms with E-state index >= 15 is 0 Å². The van der Waals surface area contributed by atoms with Crippen LogP contribution in [0.4, 0.5) is 18.9 Å². The van der Waals surface area contributed by atoms with Crippen LogP contribution < -0.4 is 13.8 Å². The van der Waals surface area contributed by atoms with Crippen molar-refractivity contribution in [3.05, 3.63) is 89.2 Å². The summed E-state index contributed by atoms with van der Waals surface area (Å²) in [5, 5.41) is 13.3. The molecule has 0 aliphatic carbocycles. The quantitative estimate of drug-likeness (QED) is 0.211. The molecule has 0 saturated heterocycles. The van der Waals surface area contributed by atoms with Crippen molar-refractivity contribution in [1.29, 1.82) is 0 Å². The highest BCUT2D eigenvalue weighted by Gasteiger charge is 2.33. The minimum absolute atomic E-state index is 0.0782. The Morgan fingerprint density at radius 1 is 1.07 bits per heavy atom. The number of alkyl halides is 3. The first-order chi connectivity index (χ1) is 19.7. The van der Waals surface area contributed by atoms with Crippen molar-refractivity contribution in [3.63, 3.8) is 0 Å². The Hall–Kier alpha value is -4.52. The largest absolute Gasteiger partial charge is 0.573 e. The van der Waals surface area contributed by atoms with Crippen LogP contribution in [0, 0.1) is 6.92 Å². The first-order valence-electron chi connectivity index (χ1n) is 12.6. The summed E-state index contributed by atoms with van der Waals surface area (Å²) in [4.78, 5) is 11.1. The van der Waals surface area contributed by atoms with Gasteiger partial charge in [0.15, 0.2) is 0 Å². The van der Waals surface area contributed by atoms with E-state index in [1.165, 1.54) is 49.5 Å². The first-order valence-corrected chi connectivity index (χ1v) is 14.0. The maximum atomic E-state index is 13.2. The number of halogens is 3. The van der Waals surface area contributed by atoms with Gasteiger partial charge in [-0.15, -0.1) is 13.2 Å². The van der Waals surface area contributed by atoms with Gasteiger partial charge in [0.1, 0.15) is 29.6 Å². The van der Waals surface area contributed by atoms with E-state index in [9.17, 15) is 31.5 Å². The zero-order chi connectivity index (χ0) is 30.8. The molecule has 0 aliphatic rings. The van der Waals surface area contributed by atoms with Crippen LogP contribution in [-0.2, 0) is 16.6 Å². The Morgan fingerprint density at radius 2 is 1.79 bits per heavy atom. The van der Waals surface area contributed by atoms with E-state index in [1.807, 2.05) is 13.8 Å². The third-order valence-electron chi connectivity index (χ3n) is 6.34. The molecule has 0 aliphatic heterocycles. The summed E-state index contributed by atoms with van der Waals surface area (Å²) < 4.78 is 82.2. The average Bonchev–Trinajstić information content (AvgIpc) is 3.35. The number of aromatic nitrogens is 1. The first kappa shape index (κ1) is 30.4. The van der Waals surface area contributed by atoms with Crippen molar-refractivity contribution < 1.29 is 45.5 Å². The molecule has 0 saturated carbocycles. The van der Waals surface area contributed by atoms with Gasteiger partial charge in [-0.1, -0.05) is 37.2 Å². The van der Waals surface area contributed by atoms with E-state index in [-0.39, 0.29) is 34.2 Å². The molecule has 0 bridgehead atoms. The van der Waals surface area contributed by atoms with E-state index < -0.39 is 28.1 Å².